The molecule has 0 rings (SSSR count). The van der Waals surface area contributed by atoms with E-state index >= 15 is 0 Å². The Kier molecular flexibility index (Phi) is 6.82. The number of carbonyl (C=O) groups excluding carboxylic acids is 1. The van der Waals surface area contributed by atoms with Gasteiger partial charge in [0.05, 0.1) is 11.5 Å². The van der Waals surface area contributed by atoms with Gasteiger partial charge in [0.2, 0.25) is 5.91 Å². The second kappa shape index (κ2) is 7.29. The van der Waals surface area contributed by atoms with Gasteiger partial charge in [-0.3, -0.25) is 4.79 Å². The minimum Gasteiger partial charge on any atom is -0.354 e. The summed E-state index contributed by atoms with van der Waals surface area (Å²) in [6.07, 6.45) is 2.76. The molecule has 0 aromatic carbocycles. The highest BCUT2D eigenvalue weighted by Crippen LogP contribution is 2.13. The zero-order valence-electron chi connectivity index (χ0n) is 11.4. The van der Waals surface area contributed by atoms with E-state index < -0.39 is 5.41 Å². The van der Waals surface area contributed by atoms with Crippen LogP contribution in [0.25, 0.3) is 0 Å². The summed E-state index contributed by atoms with van der Waals surface area (Å²) in [7, 11) is 0. The maximum absolute atomic E-state index is 11.7. The Bertz CT molecular complexity index is 279. The van der Waals surface area contributed by atoms with Gasteiger partial charge in [0.1, 0.15) is 0 Å². The lowest BCUT2D eigenvalue weighted by molar-refractivity contribution is -0.125. The highest BCUT2D eigenvalue weighted by molar-refractivity contribution is 5.78. The monoisotopic (exact) mass is 239 g/mol. The van der Waals surface area contributed by atoms with Crippen LogP contribution in [-0.2, 0) is 4.79 Å². The Morgan fingerprint density at radius 1 is 1.41 bits per heavy atom. The zero-order valence-corrected chi connectivity index (χ0v) is 11.4. The number of hydrogen-bond acceptors (Lipinski definition) is 3. The SMILES string of the molecule is CC(N)CCCC(C)C(=O)NCC(C)(C)C#N. The number of nitrogens with one attached hydrogen (secondary N) is 1. The Morgan fingerprint density at radius 2 is 2.00 bits per heavy atom. The highest BCUT2D eigenvalue weighted by Gasteiger charge is 2.19. The fourth-order valence-electron chi connectivity index (χ4n) is 1.40. The molecule has 0 aromatic rings. The van der Waals surface area contributed by atoms with E-state index in [2.05, 4.69) is 11.4 Å². The van der Waals surface area contributed by atoms with E-state index in [1.54, 1.807) is 0 Å². The minimum atomic E-state index is -0.499. The van der Waals surface area contributed by atoms with Crippen LogP contribution >= 0.6 is 0 Å². The van der Waals surface area contributed by atoms with Crippen molar-refractivity contribution in [1.82, 2.24) is 5.32 Å². The number of carbonyl (C=O) groups is 1. The standard InChI is InChI=1S/C13H25N3O/c1-10(6-5-7-11(2)15)12(17)16-9-13(3,4)8-14/h10-11H,5-7,9,15H2,1-4H3,(H,16,17). The van der Waals surface area contributed by atoms with E-state index in [0.717, 1.165) is 19.3 Å². The molecule has 17 heavy (non-hydrogen) atoms. The van der Waals surface area contributed by atoms with Gasteiger partial charge in [-0.2, -0.15) is 5.26 Å². The zero-order chi connectivity index (χ0) is 13.5. The van der Waals surface area contributed by atoms with Gasteiger partial charge in [0.15, 0.2) is 0 Å². The largest absolute Gasteiger partial charge is 0.354 e. The molecule has 4 heteroatoms. The first-order valence-corrected chi connectivity index (χ1v) is 6.23. The lowest BCUT2D eigenvalue weighted by Crippen LogP contribution is -2.36. The number of nitriles is 1. The van der Waals surface area contributed by atoms with Crippen molar-refractivity contribution in [2.75, 3.05) is 6.54 Å². The van der Waals surface area contributed by atoms with Crippen LogP contribution in [-0.4, -0.2) is 18.5 Å². The van der Waals surface area contributed by atoms with Gasteiger partial charge in [-0.15, -0.1) is 0 Å². The third-order valence-corrected chi connectivity index (χ3v) is 2.75. The summed E-state index contributed by atoms with van der Waals surface area (Å²) < 4.78 is 0. The molecule has 0 heterocycles. The molecule has 0 saturated carbocycles. The maximum atomic E-state index is 11.7. The van der Waals surface area contributed by atoms with Gasteiger partial charge in [-0.05, 0) is 33.6 Å². The van der Waals surface area contributed by atoms with Gasteiger partial charge >= 0.3 is 0 Å². The molecule has 3 N–H and O–H groups in total. The molecule has 0 saturated heterocycles. The fraction of sp³-hybridized carbons (Fsp3) is 0.846. The summed E-state index contributed by atoms with van der Waals surface area (Å²) in [5.74, 6) is 0.0150. The van der Waals surface area contributed by atoms with E-state index in [1.165, 1.54) is 0 Å². The van der Waals surface area contributed by atoms with E-state index in [-0.39, 0.29) is 17.9 Å². The van der Waals surface area contributed by atoms with Crippen molar-refractivity contribution in [3.8, 4) is 6.07 Å². The smallest absolute Gasteiger partial charge is 0.222 e. The number of rotatable bonds is 7. The van der Waals surface area contributed by atoms with Crippen molar-refractivity contribution in [2.45, 2.75) is 53.0 Å². The molecule has 0 spiro atoms. The van der Waals surface area contributed by atoms with Crippen LogP contribution < -0.4 is 11.1 Å². The highest BCUT2D eigenvalue weighted by atomic mass is 16.1. The number of nitrogens with zero attached hydrogens (tertiary/aromatic N) is 1. The summed E-state index contributed by atoms with van der Waals surface area (Å²) in [6, 6.07) is 2.36. The van der Waals surface area contributed by atoms with E-state index in [9.17, 15) is 4.79 Å². The van der Waals surface area contributed by atoms with Crippen molar-refractivity contribution in [1.29, 1.82) is 5.26 Å². The van der Waals surface area contributed by atoms with Crippen LogP contribution in [0, 0.1) is 22.7 Å². The first-order valence-electron chi connectivity index (χ1n) is 6.23. The van der Waals surface area contributed by atoms with Crippen molar-refractivity contribution in [2.24, 2.45) is 17.1 Å². The fourth-order valence-corrected chi connectivity index (χ4v) is 1.40. The van der Waals surface area contributed by atoms with E-state index in [1.807, 2.05) is 27.7 Å². The topological polar surface area (TPSA) is 78.9 Å². The molecule has 0 bridgehead atoms. The second-order valence-electron chi connectivity index (χ2n) is 5.52. The summed E-state index contributed by atoms with van der Waals surface area (Å²) in [4.78, 5) is 11.7. The minimum absolute atomic E-state index is 0.0109. The average molecular weight is 239 g/mol. The number of hydrogen-bond donors (Lipinski definition) is 2. The van der Waals surface area contributed by atoms with Gasteiger partial charge in [-0.1, -0.05) is 13.3 Å². The quantitative estimate of drug-likeness (QED) is 0.711. The van der Waals surface area contributed by atoms with Gasteiger partial charge in [0.25, 0.3) is 0 Å². The predicted molar refractivity (Wildman–Crippen MR) is 69.1 cm³/mol. The maximum Gasteiger partial charge on any atom is 0.222 e. The number of amides is 1. The summed E-state index contributed by atoms with van der Waals surface area (Å²) >= 11 is 0. The molecule has 0 radical (unpaired) electrons. The molecule has 0 fully saturated rings. The number of nitrogens with two attached hydrogens (primary N) is 1. The molecule has 2 unspecified atom stereocenters. The van der Waals surface area contributed by atoms with Gasteiger partial charge < -0.3 is 11.1 Å². The van der Waals surface area contributed by atoms with Gasteiger partial charge in [-0.25, -0.2) is 0 Å². The molecule has 0 aliphatic rings. The Labute approximate surface area is 105 Å². The molecule has 2 atom stereocenters. The normalized spacial score (nSPS) is 14.8. The first-order chi connectivity index (χ1) is 7.78. The second-order valence-corrected chi connectivity index (χ2v) is 5.52. The van der Waals surface area contributed by atoms with E-state index in [0.29, 0.717) is 6.54 Å². The van der Waals surface area contributed by atoms with Crippen LogP contribution in [0.15, 0.2) is 0 Å². The first kappa shape index (κ1) is 15.9. The van der Waals surface area contributed by atoms with E-state index in [4.69, 9.17) is 11.0 Å². The Hall–Kier alpha value is -1.08. The van der Waals surface area contributed by atoms with Crippen molar-refractivity contribution < 1.29 is 4.79 Å². The molecule has 98 valence electrons. The predicted octanol–water partition coefficient (Wildman–Crippen LogP) is 1.81. The van der Waals surface area contributed by atoms with Crippen LogP contribution in [0.5, 0.6) is 0 Å². The lowest BCUT2D eigenvalue weighted by atomic mass is 9.95. The summed E-state index contributed by atoms with van der Waals surface area (Å²) in [5.41, 5.74) is 5.15. The lowest BCUT2D eigenvalue weighted by Gasteiger charge is -2.18. The van der Waals surface area contributed by atoms with Crippen LogP contribution in [0.4, 0.5) is 0 Å². The third kappa shape index (κ3) is 7.76. The molecule has 0 aromatic heterocycles. The van der Waals surface area contributed by atoms with Crippen molar-refractivity contribution >= 4 is 5.91 Å². The molecular formula is C13H25N3O. The van der Waals surface area contributed by atoms with Crippen LogP contribution in [0.1, 0.15) is 47.0 Å². The Balaban J connectivity index is 3.87. The molecule has 4 nitrogen and oxygen atoms in total. The third-order valence-electron chi connectivity index (χ3n) is 2.75. The van der Waals surface area contributed by atoms with Crippen LogP contribution in [0.3, 0.4) is 0 Å². The van der Waals surface area contributed by atoms with Gasteiger partial charge in [0, 0.05) is 18.5 Å². The molecular weight excluding hydrogens is 214 g/mol. The molecule has 0 aliphatic heterocycles. The average Bonchev–Trinajstić information content (AvgIpc) is 2.25. The summed E-state index contributed by atoms with van der Waals surface area (Å²) in [6.45, 7) is 7.91. The summed E-state index contributed by atoms with van der Waals surface area (Å²) in [5, 5.41) is 11.7. The molecule has 0 aliphatic carbocycles. The van der Waals surface area contributed by atoms with Crippen LogP contribution in [0.2, 0.25) is 0 Å². The molecule has 1 amide bonds. The van der Waals surface area contributed by atoms with Crippen molar-refractivity contribution in [3.63, 3.8) is 0 Å². The van der Waals surface area contributed by atoms with Crippen molar-refractivity contribution in [3.05, 3.63) is 0 Å². The Morgan fingerprint density at radius 3 is 2.47 bits per heavy atom.